The van der Waals surface area contributed by atoms with Gasteiger partial charge in [0, 0.05) is 23.7 Å². The van der Waals surface area contributed by atoms with Gasteiger partial charge in [0.15, 0.2) is 0 Å². The SMILES string of the molecule is CC(C)(C)OC(=O)N(CCCOC(=O)[C@@](C)(NC(=O)c1ccc2[nH]ncc2c1)NS(=O)(=O)c1ccc(-c2ccccc2)cc1)c1ccccn1. The molecule has 2 amide bonds. The topological polar surface area (TPSA) is 173 Å². The summed E-state index contributed by atoms with van der Waals surface area (Å²) in [5.74, 6) is -1.46. The molecule has 0 radical (unpaired) electrons. The third kappa shape index (κ3) is 8.89. The fraction of sp³-hybridized carbons (Fsp3) is 0.250. The number of anilines is 1. The normalized spacial score (nSPS) is 12.9. The molecule has 5 aromatic rings. The van der Waals surface area contributed by atoms with Crippen LogP contribution in [0.4, 0.5) is 10.6 Å². The molecular formula is C36H38N6O7S. The second-order valence-electron chi connectivity index (χ2n) is 12.6. The van der Waals surface area contributed by atoms with Crippen molar-refractivity contribution in [1.29, 1.82) is 0 Å². The molecule has 1 atom stereocenters. The van der Waals surface area contributed by atoms with Crippen LogP contribution in [0.2, 0.25) is 0 Å². The first kappa shape index (κ1) is 35.7. The van der Waals surface area contributed by atoms with Crippen molar-refractivity contribution in [3.63, 3.8) is 0 Å². The van der Waals surface area contributed by atoms with Gasteiger partial charge >= 0.3 is 12.1 Å². The summed E-state index contributed by atoms with van der Waals surface area (Å²) < 4.78 is 40.8. The lowest BCUT2D eigenvalue weighted by Crippen LogP contribution is -2.64. The van der Waals surface area contributed by atoms with Crippen molar-refractivity contribution in [3.05, 3.63) is 109 Å². The van der Waals surface area contributed by atoms with Gasteiger partial charge < -0.3 is 14.8 Å². The molecule has 3 aromatic carbocycles. The summed E-state index contributed by atoms with van der Waals surface area (Å²) in [6.07, 6.45) is 2.57. The first-order valence-corrected chi connectivity index (χ1v) is 17.3. The van der Waals surface area contributed by atoms with Gasteiger partial charge in [-0.2, -0.15) is 9.82 Å². The Morgan fingerprint density at radius 3 is 2.26 bits per heavy atom. The van der Waals surface area contributed by atoms with E-state index in [0.717, 1.165) is 11.1 Å². The molecule has 2 aromatic heterocycles. The number of carbonyl (C=O) groups excluding carboxylic acids is 3. The molecule has 0 aliphatic carbocycles. The van der Waals surface area contributed by atoms with E-state index < -0.39 is 39.3 Å². The van der Waals surface area contributed by atoms with Crippen LogP contribution in [-0.2, 0) is 24.3 Å². The minimum atomic E-state index is -4.38. The van der Waals surface area contributed by atoms with E-state index in [-0.39, 0.29) is 30.0 Å². The minimum absolute atomic E-state index is 0.0620. The summed E-state index contributed by atoms with van der Waals surface area (Å²) in [4.78, 5) is 45.6. The Morgan fingerprint density at radius 1 is 0.880 bits per heavy atom. The highest BCUT2D eigenvalue weighted by Crippen LogP contribution is 2.23. The van der Waals surface area contributed by atoms with Crippen LogP contribution in [0.15, 0.2) is 108 Å². The van der Waals surface area contributed by atoms with Crippen LogP contribution in [0.25, 0.3) is 22.0 Å². The fourth-order valence-corrected chi connectivity index (χ4v) is 6.23. The molecule has 0 aliphatic heterocycles. The zero-order chi connectivity index (χ0) is 35.9. The molecule has 14 heteroatoms. The summed E-state index contributed by atoms with van der Waals surface area (Å²) in [6, 6.07) is 25.3. The van der Waals surface area contributed by atoms with Crippen LogP contribution in [0.1, 0.15) is 44.5 Å². The molecule has 0 saturated heterocycles. The first-order chi connectivity index (χ1) is 23.7. The Kier molecular flexibility index (Phi) is 10.6. The quantitative estimate of drug-likeness (QED) is 0.0873. The summed E-state index contributed by atoms with van der Waals surface area (Å²) in [7, 11) is -4.38. The smallest absolute Gasteiger partial charge is 0.416 e. The van der Waals surface area contributed by atoms with E-state index in [2.05, 4.69) is 25.2 Å². The molecular weight excluding hydrogens is 660 g/mol. The van der Waals surface area contributed by atoms with Crippen LogP contribution >= 0.6 is 0 Å². The van der Waals surface area contributed by atoms with Gasteiger partial charge in [0.05, 0.1) is 23.2 Å². The van der Waals surface area contributed by atoms with Crippen LogP contribution in [0, 0.1) is 0 Å². The average molecular weight is 699 g/mol. The van der Waals surface area contributed by atoms with E-state index in [0.29, 0.717) is 16.7 Å². The highest BCUT2D eigenvalue weighted by atomic mass is 32.2. The fourth-order valence-electron chi connectivity index (χ4n) is 4.95. The second kappa shape index (κ2) is 14.9. The highest BCUT2D eigenvalue weighted by molar-refractivity contribution is 7.89. The van der Waals surface area contributed by atoms with Gasteiger partial charge in [0.1, 0.15) is 11.4 Å². The minimum Gasteiger partial charge on any atom is -0.463 e. The molecule has 13 nitrogen and oxygen atoms in total. The van der Waals surface area contributed by atoms with Crippen LogP contribution in [0.5, 0.6) is 0 Å². The van der Waals surface area contributed by atoms with E-state index in [1.807, 2.05) is 30.3 Å². The van der Waals surface area contributed by atoms with E-state index >= 15 is 0 Å². The van der Waals surface area contributed by atoms with E-state index in [1.54, 1.807) is 63.2 Å². The van der Waals surface area contributed by atoms with Crippen molar-refractivity contribution in [2.75, 3.05) is 18.1 Å². The van der Waals surface area contributed by atoms with Crippen molar-refractivity contribution < 1.29 is 32.3 Å². The van der Waals surface area contributed by atoms with Crippen LogP contribution < -0.4 is 14.9 Å². The summed E-state index contributed by atoms with van der Waals surface area (Å²) in [5, 5.41) is 9.91. The molecule has 0 aliphatic rings. The standard InChI is InChI=1S/C36H38N6O7S/c1-35(2,3)49-34(45)42(31-13-8-9-20-37-31)21-10-22-48-33(44)36(4,39-32(43)27-16-19-30-28(23-27)24-38-40-30)41-50(46,47)29-17-14-26(15-18-29)25-11-6-5-7-12-25/h5-9,11-20,23-24,41H,10,21-22H2,1-4H3,(H,38,40)(H,39,43)/t36-/m0/s1. The van der Waals surface area contributed by atoms with Crippen LogP contribution in [-0.4, -0.2) is 66.0 Å². The largest absolute Gasteiger partial charge is 0.463 e. The van der Waals surface area contributed by atoms with Crippen molar-refractivity contribution in [2.24, 2.45) is 0 Å². The lowest BCUT2D eigenvalue weighted by Gasteiger charge is -2.30. The summed E-state index contributed by atoms with van der Waals surface area (Å²) in [5.41, 5.74) is -0.473. The number of fused-ring (bicyclic) bond motifs is 1. The molecule has 2 heterocycles. The Balaban J connectivity index is 1.34. The number of H-pyrrole nitrogens is 1. The number of esters is 1. The molecule has 0 unspecified atom stereocenters. The number of amides is 2. The number of hydrogen-bond donors (Lipinski definition) is 3. The molecule has 0 saturated carbocycles. The number of carbonyl (C=O) groups is 3. The van der Waals surface area contributed by atoms with Crippen molar-refractivity contribution in [1.82, 2.24) is 25.2 Å². The van der Waals surface area contributed by atoms with Gasteiger partial charge in [0.25, 0.3) is 5.91 Å². The molecule has 0 bridgehead atoms. The Morgan fingerprint density at radius 2 is 1.58 bits per heavy atom. The molecule has 50 heavy (non-hydrogen) atoms. The monoisotopic (exact) mass is 698 g/mol. The molecule has 260 valence electrons. The Hall–Kier alpha value is -5.60. The lowest BCUT2D eigenvalue weighted by molar-refractivity contribution is -0.151. The van der Waals surface area contributed by atoms with Crippen molar-refractivity contribution in [2.45, 2.75) is 50.3 Å². The molecule has 5 rings (SSSR count). The van der Waals surface area contributed by atoms with Gasteiger partial charge in [-0.05, 0) is 87.7 Å². The van der Waals surface area contributed by atoms with Gasteiger partial charge in [-0.1, -0.05) is 48.5 Å². The van der Waals surface area contributed by atoms with E-state index in [1.165, 1.54) is 42.4 Å². The maximum Gasteiger partial charge on any atom is 0.416 e. The average Bonchev–Trinajstić information content (AvgIpc) is 3.56. The number of ether oxygens (including phenoxy) is 2. The van der Waals surface area contributed by atoms with Crippen LogP contribution in [0.3, 0.4) is 0 Å². The number of sulfonamides is 1. The predicted octanol–water partition coefficient (Wildman–Crippen LogP) is 5.42. The number of nitrogens with one attached hydrogen (secondary N) is 3. The van der Waals surface area contributed by atoms with E-state index in [4.69, 9.17) is 9.47 Å². The van der Waals surface area contributed by atoms with Crippen molar-refractivity contribution >= 4 is 44.7 Å². The number of aromatic nitrogens is 3. The number of benzene rings is 3. The maximum atomic E-state index is 13.7. The summed E-state index contributed by atoms with van der Waals surface area (Å²) in [6.45, 7) is 6.26. The Labute approximate surface area is 290 Å². The zero-order valence-corrected chi connectivity index (χ0v) is 28.9. The maximum absolute atomic E-state index is 13.7. The number of rotatable bonds is 12. The number of nitrogens with zero attached hydrogens (tertiary/aromatic N) is 3. The van der Waals surface area contributed by atoms with Crippen molar-refractivity contribution in [3.8, 4) is 11.1 Å². The zero-order valence-electron chi connectivity index (χ0n) is 28.0. The lowest BCUT2D eigenvalue weighted by atomic mass is 10.1. The third-order valence-corrected chi connectivity index (χ3v) is 8.95. The summed E-state index contributed by atoms with van der Waals surface area (Å²) >= 11 is 0. The molecule has 0 spiro atoms. The predicted molar refractivity (Wildman–Crippen MR) is 188 cm³/mol. The van der Waals surface area contributed by atoms with Gasteiger partial charge in [-0.3, -0.25) is 14.8 Å². The molecule has 3 N–H and O–H groups in total. The highest BCUT2D eigenvalue weighted by Gasteiger charge is 2.41. The number of aromatic amines is 1. The third-order valence-electron chi connectivity index (χ3n) is 7.38. The van der Waals surface area contributed by atoms with Gasteiger partial charge in [-0.15, -0.1) is 0 Å². The number of hydrogen-bond acceptors (Lipinski definition) is 9. The number of pyridine rings is 1. The Bertz CT molecular complexity index is 2070. The van der Waals surface area contributed by atoms with Gasteiger partial charge in [-0.25, -0.2) is 23.0 Å². The van der Waals surface area contributed by atoms with E-state index in [9.17, 15) is 22.8 Å². The molecule has 0 fully saturated rings. The van der Waals surface area contributed by atoms with Gasteiger partial charge in [0.2, 0.25) is 15.7 Å². The second-order valence-corrected chi connectivity index (χ2v) is 14.2. The first-order valence-electron chi connectivity index (χ1n) is 15.8.